The van der Waals surface area contributed by atoms with Gasteiger partial charge in [-0.05, 0) is 31.4 Å². The summed E-state index contributed by atoms with van der Waals surface area (Å²) in [5.74, 6) is 0.00729. The number of aromatic nitrogens is 6. The van der Waals surface area contributed by atoms with Crippen LogP contribution in [-0.4, -0.2) is 53.8 Å². The minimum atomic E-state index is -0.485. The van der Waals surface area contributed by atoms with Crippen molar-refractivity contribution in [2.45, 2.75) is 44.9 Å². The minimum absolute atomic E-state index is 0.00729. The van der Waals surface area contributed by atoms with Crippen molar-refractivity contribution < 1.29 is 14.4 Å². The Bertz CT molecular complexity index is 1070. The number of nitrogens with zero attached hydrogens (tertiary/aromatic N) is 7. The van der Waals surface area contributed by atoms with Gasteiger partial charge in [-0.15, -0.1) is 5.10 Å². The predicted molar refractivity (Wildman–Crippen MR) is 108 cm³/mol. The zero-order chi connectivity index (χ0) is 21.3. The molecule has 4 heterocycles. The van der Waals surface area contributed by atoms with Crippen LogP contribution < -0.4 is 4.74 Å². The van der Waals surface area contributed by atoms with E-state index in [9.17, 15) is 10.1 Å². The Morgan fingerprint density at radius 1 is 1.40 bits per heavy atom. The Morgan fingerprint density at radius 2 is 2.23 bits per heavy atom. The third-order valence-corrected chi connectivity index (χ3v) is 5.34. The van der Waals surface area contributed by atoms with Crippen molar-refractivity contribution in [3.8, 4) is 5.88 Å². The molecule has 0 aliphatic carbocycles. The SMILES string of the molecule is CC1CC(n2cc([N+](=O)[O-])c(OCCCn3nc(Cl)c4cnc(Cl)nc43)n2)CCO1. The fourth-order valence-corrected chi connectivity index (χ4v) is 3.79. The van der Waals surface area contributed by atoms with Gasteiger partial charge in [0.05, 0.1) is 29.1 Å². The second-order valence-electron chi connectivity index (χ2n) is 7.01. The molecule has 13 heteroatoms. The largest absolute Gasteiger partial charge is 0.472 e. The van der Waals surface area contributed by atoms with Crippen LogP contribution in [0.3, 0.4) is 0 Å². The molecular weight excluding hydrogens is 437 g/mol. The quantitative estimate of drug-likeness (QED) is 0.229. The Morgan fingerprint density at radius 3 is 3.00 bits per heavy atom. The van der Waals surface area contributed by atoms with E-state index < -0.39 is 4.92 Å². The maximum atomic E-state index is 11.4. The van der Waals surface area contributed by atoms with E-state index in [-0.39, 0.29) is 40.8 Å². The van der Waals surface area contributed by atoms with Crippen LogP contribution in [0.2, 0.25) is 10.4 Å². The first-order valence-electron chi connectivity index (χ1n) is 9.45. The molecule has 1 saturated heterocycles. The van der Waals surface area contributed by atoms with Gasteiger partial charge in [-0.25, -0.2) is 9.67 Å². The second-order valence-corrected chi connectivity index (χ2v) is 7.70. The van der Waals surface area contributed by atoms with Gasteiger partial charge in [-0.1, -0.05) is 11.6 Å². The fraction of sp³-hybridized carbons (Fsp3) is 0.529. The number of rotatable bonds is 7. The van der Waals surface area contributed by atoms with Crippen LogP contribution in [0.15, 0.2) is 12.4 Å². The third kappa shape index (κ3) is 4.32. The van der Waals surface area contributed by atoms with Crippen LogP contribution in [0.4, 0.5) is 5.69 Å². The molecule has 0 aromatic carbocycles. The summed E-state index contributed by atoms with van der Waals surface area (Å²) in [4.78, 5) is 19.0. The van der Waals surface area contributed by atoms with Crippen molar-refractivity contribution in [2.24, 2.45) is 0 Å². The summed E-state index contributed by atoms with van der Waals surface area (Å²) < 4.78 is 14.4. The molecule has 3 aromatic rings. The van der Waals surface area contributed by atoms with E-state index in [0.717, 1.165) is 12.8 Å². The molecule has 11 nitrogen and oxygen atoms in total. The number of hydrogen-bond donors (Lipinski definition) is 0. The Labute approximate surface area is 181 Å². The minimum Gasteiger partial charge on any atom is -0.472 e. The maximum absolute atomic E-state index is 11.4. The van der Waals surface area contributed by atoms with Gasteiger partial charge in [0, 0.05) is 25.8 Å². The Balaban J connectivity index is 1.41. The van der Waals surface area contributed by atoms with Crippen molar-refractivity contribution in [3.05, 3.63) is 32.9 Å². The van der Waals surface area contributed by atoms with Gasteiger partial charge in [0.15, 0.2) is 10.8 Å². The van der Waals surface area contributed by atoms with Crippen LogP contribution in [-0.2, 0) is 11.3 Å². The molecule has 4 rings (SSSR count). The van der Waals surface area contributed by atoms with Crippen LogP contribution >= 0.6 is 23.2 Å². The highest BCUT2D eigenvalue weighted by atomic mass is 35.5. The highest BCUT2D eigenvalue weighted by Crippen LogP contribution is 2.31. The number of halogens is 2. The molecule has 160 valence electrons. The average molecular weight is 456 g/mol. The standard InChI is InChI=1S/C17H19Cl2N7O4/c1-10-7-11(3-6-29-10)25-9-13(26(27)28)16(23-25)30-5-2-4-24-15-12(14(18)22-24)8-20-17(19)21-15/h8-11H,2-7H2,1H3. The topological polar surface area (TPSA) is 123 Å². The highest BCUT2D eigenvalue weighted by Gasteiger charge is 2.27. The van der Waals surface area contributed by atoms with E-state index in [1.54, 1.807) is 9.36 Å². The molecule has 30 heavy (non-hydrogen) atoms. The first-order valence-corrected chi connectivity index (χ1v) is 10.2. The van der Waals surface area contributed by atoms with Gasteiger partial charge in [0.2, 0.25) is 5.28 Å². The Kier molecular flexibility index (Phi) is 6.02. The van der Waals surface area contributed by atoms with Gasteiger partial charge in [0.1, 0.15) is 6.20 Å². The normalized spacial score (nSPS) is 19.3. The maximum Gasteiger partial charge on any atom is 0.350 e. The molecule has 1 aliphatic heterocycles. The van der Waals surface area contributed by atoms with Gasteiger partial charge in [-0.3, -0.25) is 14.8 Å². The molecule has 0 amide bonds. The summed E-state index contributed by atoms with van der Waals surface area (Å²) in [5, 5.41) is 20.9. The van der Waals surface area contributed by atoms with Crippen molar-refractivity contribution in [1.29, 1.82) is 0 Å². The van der Waals surface area contributed by atoms with E-state index in [4.69, 9.17) is 32.7 Å². The van der Waals surface area contributed by atoms with E-state index in [2.05, 4.69) is 20.2 Å². The molecule has 0 spiro atoms. The number of hydrogen-bond acceptors (Lipinski definition) is 8. The summed E-state index contributed by atoms with van der Waals surface area (Å²) in [6, 6.07) is 0.0480. The molecule has 3 aromatic heterocycles. The smallest absolute Gasteiger partial charge is 0.350 e. The summed E-state index contributed by atoms with van der Waals surface area (Å²) in [6.07, 6.45) is 5.03. The predicted octanol–water partition coefficient (Wildman–Crippen LogP) is 3.45. The van der Waals surface area contributed by atoms with Gasteiger partial charge < -0.3 is 9.47 Å². The zero-order valence-electron chi connectivity index (χ0n) is 16.1. The number of fused-ring (bicyclic) bond motifs is 1. The fourth-order valence-electron chi connectivity index (χ4n) is 3.44. The monoisotopic (exact) mass is 455 g/mol. The molecule has 2 unspecified atom stereocenters. The number of nitro groups is 1. The van der Waals surface area contributed by atoms with Crippen molar-refractivity contribution in [3.63, 3.8) is 0 Å². The van der Waals surface area contributed by atoms with Crippen LogP contribution in [0.5, 0.6) is 5.88 Å². The zero-order valence-corrected chi connectivity index (χ0v) is 17.6. The molecule has 1 aliphatic rings. The van der Waals surface area contributed by atoms with Gasteiger partial charge in [-0.2, -0.15) is 10.1 Å². The van der Waals surface area contributed by atoms with Crippen LogP contribution in [0.1, 0.15) is 32.2 Å². The highest BCUT2D eigenvalue weighted by molar-refractivity contribution is 6.34. The first kappa shape index (κ1) is 20.8. The van der Waals surface area contributed by atoms with E-state index in [0.29, 0.717) is 30.6 Å². The number of aryl methyl sites for hydroxylation is 1. The lowest BCUT2D eigenvalue weighted by Gasteiger charge is -2.27. The summed E-state index contributed by atoms with van der Waals surface area (Å²) >= 11 is 11.9. The second kappa shape index (κ2) is 8.70. The summed E-state index contributed by atoms with van der Waals surface area (Å²) in [7, 11) is 0. The lowest BCUT2D eigenvalue weighted by atomic mass is 10.1. The molecule has 2 atom stereocenters. The summed E-state index contributed by atoms with van der Waals surface area (Å²) in [6.45, 7) is 3.22. The molecule has 0 bridgehead atoms. The molecule has 0 saturated carbocycles. The molecule has 1 fully saturated rings. The molecule has 0 N–H and O–H groups in total. The first-order chi connectivity index (χ1) is 14.4. The average Bonchev–Trinajstić information content (AvgIpc) is 3.27. The van der Waals surface area contributed by atoms with Crippen molar-refractivity contribution in [1.82, 2.24) is 29.5 Å². The van der Waals surface area contributed by atoms with E-state index in [1.807, 2.05) is 6.92 Å². The van der Waals surface area contributed by atoms with Gasteiger partial charge in [0.25, 0.3) is 0 Å². The third-order valence-electron chi connectivity index (χ3n) is 4.88. The van der Waals surface area contributed by atoms with Crippen molar-refractivity contribution in [2.75, 3.05) is 13.2 Å². The Hall–Kier alpha value is -2.50. The lowest BCUT2D eigenvalue weighted by molar-refractivity contribution is -0.386. The van der Waals surface area contributed by atoms with Crippen LogP contribution in [0.25, 0.3) is 11.0 Å². The number of ether oxygens (including phenoxy) is 2. The molecule has 0 radical (unpaired) electrons. The molecular formula is C17H19Cl2N7O4. The van der Waals surface area contributed by atoms with Crippen LogP contribution in [0, 0.1) is 10.1 Å². The van der Waals surface area contributed by atoms with Gasteiger partial charge >= 0.3 is 11.6 Å². The summed E-state index contributed by atoms with van der Waals surface area (Å²) in [5.41, 5.74) is 0.366. The van der Waals surface area contributed by atoms with E-state index >= 15 is 0 Å². The van der Waals surface area contributed by atoms with Crippen molar-refractivity contribution >= 4 is 39.9 Å². The lowest BCUT2D eigenvalue weighted by Crippen LogP contribution is -2.25. The van der Waals surface area contributed by atoms with E-state index in [1.165, 1.54) is 12.4 Å².